The Bertz CT molecular complexity index is 688. The highest BCUT2D eigenvalue weighted by Crippen LogP contribution is 2.22. The molecule has 2 aromatic rings. The van der Waals surface area contributed by atoms with E-state index in [2.05, 4.69) is 26.2 Å². The largest absolute Gasteiger partial charge is 0.507 e. The Morgan fingerprint density at radius 2 is 1.95 bits per heavy atom. The molecule has 102 valence electrons. The Kier molecular flexibility index (Phi) is 3.99. The highest BCUT2D eigenvalue weighted by molar-refractivity contribution is 9.10. The highest BCUT2D eigenvalue weighted by atomic mass is 79.9. The summed E-state index contributed by atoms with van der Waals surface area (Å²) in [5.74, 6) is -1.79. The summed E-state index contributed by atoms with van der Waals surface area (Å²) >= 11 is 3.20. The van der Waals surface area contributed by atoms with Gasteiger partial charge < -0.3 is 15.5 Å². The van der Waals surface area contributed by atoms with Crippen LogP contribution in [-0.4, -0.2) is 27.1 Å². The SMILES string of the molecule is O=C(O)c1ccnc(NC(=O)c2cc(Br)ccc2O)c1. The van der Waals surface area contributed by atoms with Gasteiger partial charge in [0.05, 0.1) is 11.1 Å². The van der Waals surface area contributed by atoms with E-state index in [-0.39, 0.29) is 22.7 Å². The van der Waals surface area contributed by atoms with E-state index in [1.165, 1.54) is 30.5 Å². The van der Waals surface area contributed by atoms with Crippen molar-refractivity contribution in [1.29, 1.82) is 0 Å². The number of hydrogen-bond donors (Lipinski definition) is 3. The van der Waals surface area contributed by atoms with Crippen LogP contribution >= 0.6 is 15.9 Å². The minimum Gasteiger partial charge on any atom is -0.507 e. The summed E-state index contributed by atoms with van der Waals surface area (Å²) < 4.78 is 0.632. The van der Waals surface area contributed by atoms with Crippen LogP contribution in [0.15, 0.2) is 41.0 Å². The van der Waals surface area contributed by atoms with E-state index in [1.54, 1.807) is 6.07 Å². The van der Waals surface area contributed by atoms with Crippen molar-refractivity contribution in [2.75, 3.05) is 5.32 Å². The first-order valence-corrected chi connectivity index (χ1v) is 6.26. The van der Waals surface area contributed by atoms with Gasteiger partial charge in [-0.1, -0.05) is 15.9 Å². The monoisotopic (exact) mass is 336 g/mol. The van der Waals surface area contributed by atoms with Gasteiger partial charge in [0.1, 0.15) is 11.6 Å². The van der Waals surface area contributed by atoms with Crippen LogP contribution in [-0.2, 0) is 0 Å². The summed E-state index contributed by atoms with van der Waals surface area (Å²) in [7, 11) is 0. The lowest BCUT2D eigenvalue weighted by atomic mass is 10.2. The lowest BCUT2D eigenvalue weighted by Gasteiger charge is -2.07. The maximum absolute atomic E-state index is 12.0. The van der Waals surface area contributed by atoms with Gasteiger partial charge in [0.15, 0.2) is 0 Å². The predicted octanol–water partition coefficient (Wildman–Crippen LogP) is 2.50. The van der Waals surface area contributed by atoms with Crippen LogP contribution < -0.4 is 5.32 Å². The van der Waals surface area contributed by atoms with Gasteiger partial charge in [-0.2, -0.15) is 0 Å². The molecule has 0 unspecified atom stereocenters. The molecule has 20 heavy (non-hydrogen) atoms. The molecule has 0 atom stereocenters. The topological polar surface area (TPSA) is 99.5 Å². The number of carboxylic acids is 1. The first-order chi connectivity index (χ1) is 9.47. The average Bonchev–Trinajstić information content (AvgIpc) is 2.41. The Hall–Kier alpha value is -2.41. The molecule has 0 aliphatic carbocycles. The molecule has 0 bridgehead atoms. The van der Waals surface area contributed by atoms with Crippen LogP contribution in [0, 0.1) is 0 Å². The fourth-order valence-corrected chi connectivity index (χ4v) is 1.87. The van der Waals surface area contributed by atoms with Crippen molar-refractivity contribution in [1.82, 2.24) is 4.98 Å². The molecule has 0 spiro atoms. The molecule has 0 saturated heterocycles. The number of nitrogens with zero attached hydrogens (tertiary/aromatic N) is 1. The minimum atomic E-state index is -1.12. The van der Waals surface area contributed by atoms with Crippen LogP contribution in [0.3, 0.4) is 0 Å². The molecular weight excluding hydrogens is 328 g/mol. The number of halogens is 1. The molecule has 0 saturated carbocycles. The number of carboxylic acid groups (broad SMARTS) is 1. The summed E-state index contributed by atoms with van der Waals surface area (Å²) in [6.07, 6.45) is 1.28. The van der Waals surface area contributed by atoms with Gasteiger partial charge in [-0.15, -0.1) is 0 Å². The summed E-state index contributed by atoms with van der Waals surface area (Å²) in [6.45, 7) is 0. The zero-order chi connectivity index (χ0) is 14.7. The number of carbonyl (C=O) groups excluding carboxylic acids is 1. The van der Waals surface area contributed by atoms with E-state index in [4.69, 9.17) is 5.11 Å². The van der Waals surface area contributed by atoms with Gasteiger partial charge in [0, 0.05) is 10.7 Å². The number of benzene rings is 1. The summed E-state index contributed by atoms with van der Waals surface area (Å²) in [5.41, 5.74) is 0.0654. The maximum atomic E-state index is 12.0. The van der Waals surface area contributed by atoms with E-state index in [0.29, 0.717) is 4.47 Å². The zero-order valence-corrected chi connectivity index (χ0v) is 11.6. The first kappa shape index (κ1) is 14.0. The molecule has 0 fully saturated rings. The van der Waals surface area contributed by atoms with Crippen molar-refractivity contribution in [3.8, 4) is 5.75 Å². The third kappa shape index (κ3) is 3.12. The third-order valence-corrected chi connectivity index (χ3v) is 2.94. The fourth-order valence-electron chi connectivity index (χ4n) is 1.51. The van der Waals surface area contributed by atoms with E-state index < -0.39 is 11.9 Å². The Morgan fingerprint density at radius 3 is 2.65 bits per heavy atom. The number of anilines is 1. The maximum Gasteiger partial charge on any atom is 0.335 e. The van der Waals surface area contributed by atoms with Gasteiger partial charge in [0.2, 0.25) is 0 Å². The number of amides is 1. The van der Waals surface area contributed by atoms with E-state index in [9.17, 15) is 14.7 Å². The Morgan fingerprint density at radius 1 is 1.20 bits per heavy atom. The van der Waals surface area contributed by atoms with Crippen molar-refractivity contribution < 1.29 is 19.8 Å². The van der Waals surface area contributed by atoms with Crippen molar-refractivity contribution in [3.63, 3.8) is 0 Å². The molecule has 2 rings (SSSR count). The van der Waals surface area contributed by atoms with Crippen molar-refractivity contribution in [2.45, 2.75) is 0 Å². The lowest BCUT2D eigenvalue weighted by Crippen LogP contribution is -2.13. The van der Waals surface area contributed by atoms with Gasteiger partial charge >= 0.3 is 5.97 Å². The zero-order valence-electron chi connectivity index (χ0n) is 10.0. The van der Waals surface area contributed by atoms with Gasteiger partial charge in [-0.05, 0) is 30.3 Å². The molecule has 0 aliphatic rings. The molecule has 1 aromatic carbocycles. The molecule has 1 heterocycles. The smallest absolute Gasteiger partial charge is 0.335 e. The molecule has 7 heteroatoms. The Labute approximate surface area is 122 Å². The van der Waals surface area contributed by atoms with Crippen LogP contribution in [0.5, 0.6) is 5.75 Å². The number of phenolic OH excluding ortho intramolecular Hbond substituents is 1. The second-order valence-electron chi connectivity index (χ2n) is 3.85. The van der Waals surface area contributed by atoms with E-state index in [1.807, 2.05) is 0 Å². The average molecular weight is 337 g/mol. The quantitative estimate of drug-likeness (QED) is 0.799. The summed E-state index contributed by atoms with van der Waals surface area (Å²) in [5, 5.41) is 20.9. The van der Waals surface area contributed by atoms with Crippen LogP contribution in [0.4, 0.5) is 5.82 Å². The standard InChI is InChI=1S/C13H9BrN2O4/c14-8-1-2-10(17)9(6-8)12(18)16-11-5-7(13(19)20)3-4-15-11/h1-6,17H,(H,19,20)(H,15,16,18). The third-order valence-electron chi connectivity index (χ3n) is 2.45. The number of hydrogen-bond acceptors (Lipinski definition) is 4. The number of rotatable bonds is 3. The molecule has 6 nitrogen and oxygen atoms in total. The van der Waals surface area contributed by atoms with E-state index >= 15 is 0 Å². The number of phenols is 1. The van der Waals surface area contributed by atoms with Gasteiger partial charge in [-0.25, -0.2) is 9.78 Å². The van der Waals surface area contributed by atoms with Crippen LogP contribution in [0.25, 0.3) is 0 Å². The molecule has 1 aromatic heterocycles. The Balaban J connectivity index is 2.25. The number of aromatic hydroxyl groups is 1. The normalized spacial score (nSPS) is 10.1. The van der Waals surface area contributed by atoms with Gasteiger partial charge in [-0.3, -0.25) is 4.79 Å². The second kappa shape index (κ2) is 5.70. The molecule has 0 aliphatic heterocycles. The molecule has 3 N–H and O–H groups in total. The van der Waals surface area contributed by atoms with Crippen LogP contribution in [0.2, 0.25) is 0 Å². The molecular formula is C13H9BrN2O4. The summed E-state index contributed by atoms with van der Waals surface area (Å²) in [4.78, 5) is 26.7. The van der Waals surface area contributed by atoms with Crippen LogP contribution in [0.1, 0.15) is 20.7 Å². The fraction of sp³-hybridized carbons (Fsp3) is 0. The number of nitrogens with one attached hydrogen (secondary N) is 1. The van der Waals surface area contributed by atoms with E-state index in [0.717, 1.165) is 0 Å². The predicted molar refractivity (Wildman–Crippen MR) is 75.0 cm³/mol. The lowest BCUT2D eigenvalue weighted by molar-refractivity contribution is 0.0696. The van der Waals surface area contributed by atoms with Gasteiger partial charge in [0.25, 0.3) is 5.91 Å². The number of aromatic carboxylic acids is 1. The highest BCUT2D eigenvalue weighted by Gasteiger charge is 2.13. The number of aromatic nitrogens is 1. The molecule has 1 amide bonds. The number of carbonyl (C=O) groups is 2. The first-order valence-electron chi connectivity index (χ1n) is 5.46. The van der Waals surface area contributed by atoms with Crippen molar-refractivity contribution in [2.24, 2.45) is 0 Å². The molecule has 0 radical (unpaired) electrons. The van der Waals surface area contributed by atoms with Crippen molar-refractivity contribution >= 4 is 33.6 Å². The summed E-state index contributed by atoms with van der Waals surface area (Å²) in [6, 6.07) is 6.96. The van der Waals surface area contributed by atoms with Crippen molar-refractivity contribution in [3.05, 3.63) is 52.1 Å². The minimum absolute atomic E-state index is 0.00811. The second-order valence-corrected chi connectivity index (χ2v) is 4.77. The number of pyridine rings is 1.